The number of nitrogens with zero attached hydrogens (tertiary/aromatic N) is 2. The fraction of sp³-hybridized carbons (Fsp3) is 0. The Balaban J connectivity index is 2.09. The van der Waals surface area contributed by atoms with Crippen LogP contribution in [0.1, 0.15) is 0 Å². The van der Waals surface area contributed by atoms with Crippen LogP contribution in [0.5, 0.6) is 0 Å². The lowest BCUT2D eigenvalue weighted by Crippen LogP contribution is -1.88. The van der Waals surface area contributed by atoms with Crippen molar-refractivity contribution in [2.45, 2.75) is 0 Å². The molecular weight excluding hydrogens is 256 g/mol. The molecule has 2 nitrogen and oxygen atoms in total. The second kappa shape index (κ2) is 5.21. The summed E-state index contributed by atoms with van der Waals surface area (Å²) in [5.74, 6) is 0. The number of hydrogen-bond acceptors (Lipinski definition) is 2. The van der Waals surface area contributed by atoms with Gasteiger partial charge in [-0.25, -0.2) is 0 Å². The smallest absolute Gasteiger partial charge is 0.0892 e. The Hall–Kier alpha value is -2.19. The Morgan fingerprint density at radius 2 is 1.53 bits per heavy atom. The third-order valence-electron chi connectivity index (χ3n) is 2.87. The van der Waals surface area contributed by atoms with E-state index in [-0.39, 0.29) is 0 Å². The summed E-state index contributed by atoms with van der Waals surface area (Å²) in [5, 5.41) is 0.737. The first-order valence-corrected chi connectivity index (χ1v) is 6.35. The first kappa shape index (κ1) is 11.9. The van der Waals surface area contributed by atoms with Gasteiger partial charge in [-0.3, -0.25) is 9.97 Å². The van der Waals surface area contributed by atoms with Crippen molar-refractivity contribution in [1.29, 1.82) is 0 Å². The molecule has 2 aromatic heterocycles. The molecule has 0 aliphatic carbocycles. The van der Waals surface area contributed by atoms with Crippen molar-refractivity contribution in [1.82, 2.24) is 9.97 Å². The largest absolute Gasteiger partial charge is 0.255 e. The van der Waals surface area contributed by atoms with Crippen molar-refractivity contribution in [2.75, 3.05) is 0 Å². The first-order valence-electron chi connectivity index (χ1n) is 5.97. The van der Waals surface area contributed by atoms with Crippen molar-refractivity contribution in [3.63, 3.8) is 0 Å². The minimum Gasteiger partial charge on any atom is -0.255 e. The van der Waals surface area contributed by atoms with Gasteiger partial charge in [0.2, 0.25) is 0 Å². The molecule has 0 spiro atoms. The maximum absolute atomic E-state index is 6.22. The monoisotopic (exact) mass is 266 g/mol. The molecule has 0 fully saturated rings. The van der Waals surface area contributed by atoms with Gasteiger partial charge in [0.15, 0.2) is 0 Å². The lowest BCUT2D eigenvalue weighted by molar-refractivity contribution is 1.25. The molecule has 92 valence electrons. The van der Waals surface area contributed by atoms with Crippen LogP contribution in [0.4, 0.5) is 0 Å². The molecule has 1 aromatic carbocycles. The minimum absolute atomic E-state index is 0.737. The molecule has 0 unspecified atom stereocenters. The number of hydrogen-bond donors (Lipinski definition) is 0. The third kappa shape index (κ3) is 2.49. The Bertz CT molecular complexity index is 696. The zero-order chi connectivity index (χ0) is 13.1. The fourth-order valence-electron chi connectivity index (χ4n) is 1.95. The summed E-state index contributed by atoms with van der Waals surface area (Å²) in [4.78, 5) is 8.67. The molecule has 0 saturated carbocycles. The summed E-state index contributed by atoms with van der Waals surface area (Å²) in [7, 11) is 0. The van der Waals surface area contributed by atoms with E-state index in [1.54, 1.807) is 12.4 Å². The third-order valence-corrected chi connectivity index (χ3v) is 3.20. The number of aromatic nitrogens is 2. The lowest BCUT2D eigenvalue weighted by atomic mass is 10.1. The summed E-state index contributed by atoms with van der Waals surface area (Å²) >= 11 is 6.22. The molecule has 0 aliphatic heterocycles. The van der Waals surface area contributed by atoms with Crippen LogP contribution in [0.3, 0.4) is 0 Å². The predicted octanol–water partition coefficient (Wildman–Crippen LogP) is 4.46. The van der Waals surface area contributed by atoms with Crippen LogP contribution >= 0.6 is 11.6 Å². The van der Waals surface area contributed by atoms with Gasteiger partial charge >= 0.3 is 0 Å². The first-order chi connectivity index (χ1) is 9.34. The SMILES string of the molecule is Clc1ccccc1-c1ccnc(-c2ccccn2)c1. The van der Waals surface area contributed by atoms with Gasteiger partial charge in [-0.15, -0.1) is 0 Å². The number of rotatable bonds is 2. The Morgan fingerprint density at radius 3 is 2.32 bits per heavy atom. The van der Waals surface area contributed by atoms with Gasteiger partial charge in [0.05, 0.1) is 11.4 Å². The van der Waals surface area contributed by atoms with Crippen molar-refractivity contribution >= 4 is 11.6 Å². The summed E-state index contributed by atoms with van der Waals surface area (Å²) in [6.45, 7) is 0. The Labute approximate surface area is 116 Å². The van der Waals surface area contributed by atoms with E-state index in [4.69, 9.17) is 11.6 Å². The van der Waals surface area contributed by atoms with Gasteiger partial charge in [0.25, 0.3) is 0 Å². The molecule has 0 aliphatic rings. The molecule has 0 amide bonds. The Morgan fingerprint density at radius 1 is 0.737 bits per heavy atom. The topological polar surface area (TPSA) is 25.8 Å². The maximum atomic E-state index is 6.22. The van der Waals surface area contributed by atoms with Crippen molar-refractivity contribution < 1.29 is 0 Å². The van der Waals surface area contributed by atoms with E-state index in [9.17, 15) is 0 Å². The highest BCUT2D eigenvalue weighted by Gasteiger charge is 2.05. The van der Waals surface area contributed by atoms with E-state index in [0.29, 0.717) is 0 Å². The number of benzene rings is 1. The van der Waals surface area contributed by atoms with Crippen molar-refractivity contribution in [3.8, 4) is 22.5 Å². The highest BCUT2D eigenvalue weighted by atomic mass is 35.5. The summed E-state index contributed by atoms with van der Waals surface area (Å²) < 4.78 is 0. The van der Waals surface area contributed by atoms with Gasteiger partial charge in [0.1, 0.15) is 0 Å². The molecule has 0 saturated heterocycles. The second-order valence-electron chi connectivity index (χ2n) is 4.12. The number of halogens is 1. The van der Waals surface area contributed by atoms with Gasteiger partial charge < -0.3 is 0 Å². The molecule has 3 rings (SSSR count). The van der Waals surface area contributed by atoms with Crippen LogP contribution in [0, 0.1) is 0 Å². The molecule has 2 heterocycles. The molecule has 0 atom stereocenters. The van der Waals surface area contributed by atoms with Crippen LogP contribution in [0.25, 0.3) is 22.5 Å². The average Bonchev–Trinajstić information content (AvgIpc) is 2.49. The molecule has 3 aromatic rings. The number of pyridine rings is 2. The van der Waals surface area contributed by atoms with E-state index in [2.05, 4.69) is 9.97 Å². The lowest BCUT2D eigenvalue weighted by Gasteiger charge is -2.06. The van der Waals surface area contributed by atoms with E-state index in [1.807, 2.05) is 54.6 Å². The van der Waals surface area contributed by atoms with Gasteiger partial charge in [0, 0.05) is 23.0 Å². The maximum Gasteiger partial charge on any atom is 0.0892 e. The fourth-order valence-corrected chi connectivity index (χ4v) is 2.19. The molecule has 19 heavy (non-hydrogen) atoms. The van der Waals surface area contributed by atoms with Crippen LogP contribution in [-0.2, 0) is 0 Å². The standard InChI is InChI=1S/C16H11ClN2/c17-14-6-2-1-5-13(14)12-8-10-19-16(11-12)15-7-3-4-9-18-15/h1-11H. The van der Waals surface area contributed by atoms with E-state index < -0.39 is 0 Å². The highest BCUT2D eigenvalue weighted by molar-refractivity contribution is 6.33. The van der Waals surface area contributed by atoms with Crippen molar-refractivity contribution in [3.05, 3.63) is 72.0 Å². The quantitative estimate of drug-likeness (QED) is 0.684. The summed E-state index contributed by atoms with van der Waals surface area (Å²) in [6.07, 6.45) is 3.54. The second-order valence-corrected chi connectivity index (χ2v) is 4.53. The Kier molecular flexibility index (Phi) is 3.25. The highest BCUT2D eigenvalue weighted by Crippen LogP contribution is 2.29. The van der Waals surface area contributed by atoms with Crippen LogP contribution in [-0.4, -0.2) is 9.97 Å². The van der Waals surface area contributed by atoms with Gasteiger partial charge in [-0.05, 0) is 35.9 Å². The van der Waals surface area contributed by atoms with Gasteiger partial charge in [-0.1, -0.05) is 35.9 Å². The van der Waals surface area contributed by atoms with Crippen LogP contribution in [0.2, 0.25) is 5.02 Å². The van der Waals surface area contributed by atoms with Gasteiger partial charge in [-0.2, -0.15) is 0 Å². The van der Waals surface area contributed by atoms with Crippen LogP contribution in [0.15, 0.2) is 67.0 Å². The van der Waals surface area contributed by atoms with E-state index >= 15 is 0 Å². The van der Waals surface area contributed by atoms with Crippen molar-refractivity contribution in [2.24, 2.45) is 0 Å². The summed E-state index contributed by atoms with van der Waals surface area (Å²) in [5.41, 5.74) is 3.75. The van der Waals surface area contributed by atoms with E-state index in [0.717, 1.165) is 27.5 Å². The molecular formula is C16H11ClN2. The minimum atomic E-state index is 0.737. The summed E-state index contributed by atoms with van der Waals surface area (Å²) in [6, 6.07) is 17.5. The molecule has 0 bridgehead atoms. The van der Waals surface area contributed by atoms with Crippen LogP contribution < -0.4 is 0 Å². The zero-order valence-corrected chi connectivity index (χ0v) is 10.9. The average molecular weight is 267 g/mol. The normalized spacial score (nSPS) is 10.4. The zero-order valence-electron chi connectivity index (χ0n) is 10.1. The predicted molar refractivity (Wildman–Crippen MR) is 77.9 cm³/mol. The molecule has 0 N–H and O–H groups in total. The van der Waals surface area contributed by atoms with E-state index in [1.165, 1.54) is 0 Å². The molecule has 0 radical (unpaired) electrons. The molecule has 3 heteroatoms.